The Morgan fingerprint density at radius 2 is 2.00 bits per heavy atom. The molecule has 0 radical (unpaired) electrons. The van der Waals surface area contributed by atoms with Gasteiger partial charge in [-0.25, -0.2) is 0 Å². The van der Waals surface area contributed by atoms with Crippen LogP contribution in [0.2, 0.25) is 0 Å². The van der Waals surface area contributed by atoms with Crippen LogP contribution in [0.15, 0.2) is 24.3 Å². The third-order valence-corrected chi connectivity index (χ3v) is 2.49. The molecule has 1 amide bonds. The smallest absolute Gasteiger partial charge is 0.228 e. The average molecular weight is 271 g/mol. The Morgan fingerprint density at radius 1 is 1.33 bits per heavy atom. The Bertz CT molecular complexity index is 421. The fourth-order valence-electron chi connectivity index (χ4n) is 1.48. The molecule has 18 heavy (non-hydrogen) atoms. The van der Waals surface area contributed by atoms with Crippen molar-refractivity contribution in [1.82, 2.24) is 5.32 Å². The number of benzene rings is 1. The number of Topliss-reactive ketones (excluding diaryl/α,β-unsaturated/α-hetero) is 1. The summed E-state index contributed by atoms with van der Waals surface area (Å²) in [6.07, 6.45) is 0. The Labute approximate surface area is 114 Å². The Morgan fingerprint density at radius 3 is 2.56 bits per heavy atom. The SMILES string of the molecule is CNCC(C)C(=O)Nc1cccc(C(C)=O)c1.Cl. The van der Waals surface area contributed by atoms with Gasteiger partial charge in [0.2, 0.25) is 5.91 Å². The maximum atomic E-state index is 11.7. The van der Waals surface area contributed by atoms with Crippen molar-refractivity contribution in [2.24, 2.45) is 5.92 Å². The normalized spacial score (nSPS) is 11.3. The zero-order valence-corrected chi connectivity index (χ0v) is 11.6. The molecular formula is C13H19ClN2O2. The van der Waals surface area contributed by atoms with Crippen molar-refractivity contribution in [1.29, 1.82) is 0 Å². The molecule has 0 saturated carbocycles. The molecule has 2 N–H and O–H groups in total. The van der Waals surface area contributed by atoms with Crippen LogP contribution in [0.3, 0.4) is 0 Å². The standard InChI is InChI=1S/C13H18N2O2.ClH/c1-9(8-14-3)13(17)15-12-6-4-5-11(7-12)10(2)16;/h4-7,9,14H,8H2,1-3H3,(H,15,17);1H. The van der Waals surface area contributed by atoms with Crippen molar-refractivity contribution < 1.29 is 9.59 Å². The molecule has 0 aliphatic heterocycles. The van der Waals surface area contributed by atoms with E-state index in [1.807, 2.05) is 6.92 Å². The van der Waals surface area contributed by atoms with Gasteiger partial charge in [0.05, 0.1) is 0 Å². The molecular weight excluding hydrogens is 252 g/mol. The summed E-state index contributed by atoms with van der Waals surface area (Å²) in [5.41, 5.74) is 1.26. The number of hydrogen-bond acceptors (Lipinski definition) is 3. The zero-order valence-electron chi connectivity index (χ0n) is 10.8. The first-order chi connectivity index (χ1) is 8.04. The average Bonchev–Trinajstić information content (AvgIpc) is 2.29. The van der Waals surface area contributed by atoms with Crippen LogP contribution in [-0.4, -0.2) is 25.3 Å². The number of halogens is 1. The minimum atomic E-state index is -0.110. The number of amides is 1. The van der Waals surface area contributed by atoms with E-state index in [9.17, 15) is 9.59 Å². The Balaban J connectivity index is 0.00000289. The number of hydrogen-bond donors (Lipinski definition) is 2. The monoisotopic (exact) mass is 270 g/mol. The first-order valence-corrected chi connectivity index (χ1v) is 5.61. The Hall–Kier alpha value is -1.39. The lowest BCUT2D eigenvalue weighted by Crippen LogP contribution is -2.28. The first kappa shape index (κ1) is 16.6. The molecule has 1 unspecified atom stereocenters. The molecule has 0 bridgehead atoms. The largest absolute Gasteiger partial charge is 0.326 e. The van der Waals surface area contributed by atoms with Crippen LogP contribution in [0.4, 0.5) is 5.69 Å². The summed E-state index contributed by atoms with van der Waals surface area (Å²) in [5.74, 6) is -0.176. The second kappa shape index (κ2) is 7.84. The summed E-state index contributed by atoms with van der Waals surface area (Å²) in [4.78, 5) is 22.9. The van der Waals surface area contributed by atoms with Crippen molar-refractivity contribution in [2.45, 2.75) is 13.8 Å². The van der Waals surface area contributed by atoms with Gasteiger partial charge in [0.1, 0.15) is 0 Å². The summed E-state index contributed by atoms with van der Waals surface area (Å²) in [6, 6.07) is 6.95. The van der Waals surface area contributed by atoms with E-state index in [0.29, 0.717) is 17.8 Å². The van der Waals surface area contributed by atoms with Crippen molar-refractivity contribution in [3.63, 3.8) is 0 Å². The molecule has 0 aromatic heterocycles. The summed E-state index contributed by atoms with van der Waals surface area (Å²) in [7, 11) is 1.81. The highest BCUT2D eigenvalue weighted by atomic mass is 35.5. The summed E-state index contributed by atoms with van der Waals surface area (Å²) < 4.78 is 0. The van der Waals surface area contributed by atoms with Gasteiger partial charge in [-0.2, -0.15) is 0 Å². The number of rotatable bonds is 5. The van der Waals surface area contributed by atoms with Crippen LogP contribution >= 0.6 is 12.4 Å². The molecule has 1 aromatic carbocycles. The highest BCUT2D eigenvalue weighted by Gasteiger charge is 2.12. The number of ketones is 1. The van der Waals surface area contributed by atoms with E-state index in [4.69, 9.17) is 0 Å². The van der Waals surface area contributed by atoms with Gasteiger partial charge >= 0.3 is 0 Å². The minimum absolute atomic E-state index is 0. The van der Waals surface area contributed by atoms with E-state index in [0.717, 1.165) is 0 Å². The van der Waals surface area contributed by atoms with Gasteiger partial charge in [-0.15, -0.1) is 12.4 Å². The van der Waals surface area contributed by atoms with Gasteiger partial charge < -0.3 is 10.6 Å². The van der Waals surface area contributed by atoms with Gasteiger partial charge in [0.15, 0.2) is 5.78 Å². The van der Waals surface area contributed by atoms with E-state index in [2.05, 4.69) is 10.6 Å². The van der Waals surface area contributed by atoms with Crippen molar-refractivity contribution >= 4 is 29.8 Å². The molecule has 0 saturated heterocycles. The number of carbonyl (C=O) groups excluding carboxylic acids is 2. The lowest BCUT2D eigenvalue weighted by Gasteiger charge is -2.11. The van der Waals surface area contributed by atoms with Crippen LogP contribution in [0.1, 0.15) is 24.2 Å². The van der Waals surface area contributed by atoms with Gasteiger partial charge in [-0.3, -0.25) is 9.59 Å². The number of nitrogens with one attached hydrogen (secondary N) is 2. The van der Waals surface area contributed by atoms with Crippen LogP contribution in [0.25, 0.3) is 0 Å². The van der Waals surface area contributed by atoms with Crippen LogP contribution in [0, 0.1) is 5.92 Å². The molecule has 100 valence electrons. The molecule has 0 fully saturated rings. The van der Waals surface area contributed by atoms with Gasteiger partial charge in [-0.05, 0) is 26.1 Å². The van der Waals surface area contributed by atoms with Crippen LogP contribution in [-0.2, 0) is 4.79 Å². The van der Waals surface area contributed by atoms with Gasteiger partial charge in [0, 0.05) is 23.7 Å². The third kappa shape index (κ3) is 4.85. The maximum absolute atomic E-state index is 11.7. The predicted octanol–water partition coefficient (Wildman–Crippen LogP) is 2.10. The van der Waals surface area contributed by atoms with Crippen LogP contribution in [0.5, 0.6) is 0 Å². The van der Waals surface area contributed by atoms with Gasteiger partial charge in [-0.1, -0.05) is 19.1 Å². The topological polar surface area (TPSA) is 58.2 Å². The van der Waals surface area contributed by atoms with E-state index >= 15 is 0 Å². The number of anilines is 1. The molecule has 0 spiro atoms. The molecule has 1 rings (SSSR count). The van der Waals surface area contributed by atoms with E-state index in [-0.39, 0.29) is 30.0 Å². The fourth-order valence-corrected chi connectivity index (χ4v) is 1.48. The van der Waals surface area contributed by atoms with Crippen molar-refractivity contribution in [2.75, 3.05) is 18.9 Å². The lowest BCUT2D eigenvalue weighted by atomic mass is 10.1. The van der Waals surface area contributed by atoms with E-state index in [1.165, 1.54) is 6.92 Å². The molecule has 5 heteroatoms. The van der Waals surface area contributed by atoms with E-state index in [1.54, 1.807) is 31.3 Å². The maximum Gasteiger partial charge on any atom is 0.228 e. The minimum Gasteiger partial charge on any atom is -0.326 e. The Kier molecular flexibility index (Phi) is 7.24. The molecule has 4 nitrogen and oxygen atoms in total. The first-order valence-electron chi connectivity index (χ1n) is 5.61. The third-order valence-electron chi connectivity index (χ3n) is 2.49. The highest BCUT2D eigenvalue weighted by molar-refractivity contribution is 5.97. The summed E-state index contributed by atoms with van der Waals surface area (Å²) >= 11 is 0. The second-order valence-corrected chi connectivity index (χ2v) is 4.08. The van der Waals surface area contributed by atoms with Gasteiger partial charge in [0.25, 0.3) is 0 Å². The molecule has 1 aromatic rings. The van der Waals surface area contributed by atoms with Crippen molar-refractivity contribution in [3.05, 3.63) is 29.8 Å². The molecule has 0 heterocycles. The summed E-state index contributed by atoms with van der Waals surface area (Å²) in [6.45, 7) is 3.98. The predicted molar refractivity (Wildman–Crippen MR) is 75.4 cm³/mol. The van der Waals surface area contributed by atoms with E-state index < -0.39 is 0 Å². The zero-order chi connectivity index (χ0) is 12.8. The molecule has 0 aliphatic carbocycles. The molecule has 0 aliphatic rings. The van der Waals surface area contributed by atoms with Crippen molar-refractivity contribution in [3.8, 4) is 0 Å². The van der Waals surface area contributed by atoms with Crippen LogP contribution < -0.4 is 10.6 Å². The number of carbonyl (C=O) groups is 2. The molecule has 1 atom stereocenters. The second-order valence-electron chi connectivity index (χ2n) is 4.08. The fraction of sp³-hybridized carbons (Fsp3) is 0.385. The quantitative estimate of drug-likeness (QED) is 0.806. The summed E-state index contributed by atoms with van der Waals surface area (Å²) in [5, 5.41) is 5.74. The highest BCUT2D eigenvalue weighted by Crippen LogP contribution is 2.12. The lowest BCUT2D eigenvalue weighted by molar-refractivity contribution is -0.119.